The van der Waals surface area contributed by atoms with Crippen LogP contribution in [-0.4, -0.2) is 40.5 Å². The van der Waals surface area contributed by atoms with E-state index in [2.05, 4.69) is 15.7 Å². The number of carbonyl (C=O) groups excluding carboxylic acids is 1. The molecule has 23 heavy (non-hydrogen) atoms. The van der Waals surface area contributed by atoms with E-state index < -0.39 is 11.8 Å². The summed E-state index contributed by atoms with van der Waals surface area (Å²) in [7, 11) is 1.50. The zero-order valence-corrected chi connectivity index (χ0v) is 12.2. The van der Waals surface area contributed by atoms with Gasteiger partial charge in [-0.3, -0.25) is 5.32 Å². The molecule has 3 rings (SSSR count). The minimum absolute atomic E-state index is 0.379. The highest BCUT2D eigenvalue weighted by Crippen LogP contribution is 2.32. The van der Waals surface area contributed by atoms with Gasteiger partial charge in [-0.2, -0.15) is 5.10 Å². The lowest BCUT2D eigenvalue weighted by Gasteiger charge is -2.17. The Kier molecular flexibility index (Phi) is 3.61. The summed E-state index contributed by atoms with van der Waals surface area (Å²) in [6.07, 6.45) is 0. The van der Waals surface area contributed by atoms with Crippen LogP contribution in [0.1, 0.15) is 10.4 Å². The van der Waals surface area contributed by atoms with Crippen molar-refractivity contribution < 1.29 is 19.1 Å². The van der Waals surface area contributed by atoms with E-state index in [1.165, 1.54) is 19.2 Å². The van der Waals surface area contributed by atoms with Gasteiger partial charge in [0.05, 0.1) is 12.1 Å². The monoisotopic (exact) mass is 319 g/mol. The lowest BCUT2D eigenvalue weighted by atomic mass is 10.1. The molecule has 0 atom stereocenters. The van der Waals surface area contributed by atoms with Crippen molar-refractivity contribution >= 4 is 29.3 Å². The number of aromatic nitrogens is 2. The Morgan fingerprint density at radius 1 is 1.30 bits per heavy atom. The Morgan fingerprint density at radius 3 is 2.78 bits per heavy atom. The van der Waals surface area contributed by atoms with Crippen LogP contribution in [0.15, 0.2) is 24.3 Å². The number of anilines is 3. The van der Waals surface area contributed by atoms with Crippen LogP contribution in [-0.2, 0) is 6.54 Å². The molecule has 9 heteroatoms. The number of benzene rings is 1. The second kappa shape index (κ2) is 5.59. The van der Waals surface area contributed by atoms with Crippen LogP contribution in [0.25, 0.3) is 0 Å². The van der Waals surface area contributed by atoms with E-state index >= 15 is 0 Å². The van der Waals surface area contributed by atoms with Gasteiger partial charge in [0.2, 0.25) is 0 Å². The van der Waals surface area contributed by atoms with Crippen molar-refractivity contribution in [2.24, 2.45) is 0 Å². The van der Waals surface area contributed by atoms with Gasteiger partial charge in [-0.15, -0.1) is 0 Å². The van der Waals surface area contributed by atoms with E-state index in [0.29, 0.717) is 30.4 Å². The normalized spacial score (nSPS) is 12.9. The summed E-state index contributed by atoms with van der Waals surface area (Å²) in [4.78, 5) is 24.2. The second-order valence-corrected chi connectivity index (χ2v) is 4.94. The number of hydrogen-bond donors (Lipinski definition) is 3. The van der Waals surface area contributed by atoms with Gasteiger partial charge < -0.3 is 15.3 Å². The molecule has 2 aromatic rings. The van der Waals surface area contributed by atoms with Crippen LogP contribution in [0, 0.1) is 5.82 Å². The van der Waals surface area contributed by atoms with Crippen LogP contribution in [0.5, 0.6) is 0 Å². The number of nitrogens with one attached hydrogen (secondary N) is 2. The van der Waals surface area contributed by atoms with Crippen molar-refractivity contribution in [2.45, 2.75) is 6.54 Å². The molecule has 0 radical (unpaired) electrons. The molecule has 0 aliphatic carbocycles. The van der Waals surface area contributed by atoms with Crippen molar-refractivity contribution in [1.29, 1.82) is 0 Å². The summed E-state index contributed by atoms with van der Waals surface area (Å²) >= 11 is 0. The highest BCUT2D eigenvalue weighted by molar-refractivity contribution is 5.90. The molecule has 0 saturated carbocycles. The summed E-state index contributed by atoms with van der Waals surface area (Å²) in [5, 5.41) is 18.3. The number of aromatic carboxylic acids is 1. The Hall–Kier alpha value is -3.10. The van der Waals surface area contributed by atoms with Crippen molar-refractivity contribution in [1.82, 2.24) is 15.1 Å². The number of amides is 2. The first-order chi connectivity index (χ1) is 11.0. The Labute approximate surface area is 130 Å². The lowest BCUT2D eigenvalue weighted by Crippen LogP contribution is -2.24. The summed E-state index contributed by atoms with van der Waals surface area (Å²) in [6.45, 7) is 1.15. The minimum atomic E-state index is -1.32. The zero-order chi connectivity index (χ0) is 16.6. The van der Waals surface area contributed by atoms with Gasteiger partial charge in [-0.1, -0.05) is 0 Å². The Morgan fingerprint density at radius 2 is 2.09 bits per heavy atom. The second-order valence-electron chi connectivity index (χ2n) is 4.94. The van der Waals surface area contributed by atoms with Crippen LogP contribution in [0.2, 0.25) is 0 Å². The molecule has 1 aliphatic heterocycles. The van der Waals surface area contributed by atoms with Crippen LogP contribution < -0.4 is 15.5 Å². The number of fused-ring (bicyclic) bond motifs is 1. The zero-order valence-electron chi connectivity index (χ0n) is 12.2. The molecule has 3 N–H and O–H groups in total. The first-order valence-electron chi connectivity index (χ1n) is 6.86. The predicted octanol–water partition coefficient (Wildman–Crippen LogP) is 1.62. The Bertz CT molecular complexity index is 789. The number of rotatable bonds is 3. The van der Waals surface area contributed by atoms with E-state index in [0.717, 1.165) is 6.07 Å². The largest absolute Gasteiger partial charge is 0.478 e. The molecule has 0 fully saturated rings. The molecule has 2 heterocycles. The first-order valence-corrected chi connectivity index (χ1v) is 6.86. The molecule has 120 valence electrons. The van der Waals surface area contributed by atoms with E-state index in [1.807, 2.05) is 4.90 Å². The fourth-order valence-corrected chi connectivity index (χ4v) is 2.44. The maximum absolute atomic E-state index is 13.5. The van der Waals surface area contributed by atoms with Gasteiger partial charge in [-0.25, -0.2) is 18.7 Å². The standard InChI is InChI=1S/C14H14FN5O3/c1-16-14(23)17-11-7-12-19(4-5-20(12)18-11)8-2-3-10(15)9(6-8)13(21)22/h2-3,6-7H,4-5H2,1H3,(H,21,22)(H2,16,17,18,23). The molecule has 1 aromatic heterocycles. The molecule has 2 amide bonds. The molecule has 0 saturated heterocycles. The molecule has 0 spiro atoms. The highest BCUT2D eigenvalue weighted by Gasteiger charge is 2.24. The van der Waals surface area contributed by atoms with E-state index in [9.17, 15) is 14.0 Å². The third kappa shape index (κ3) is 2.68. The quantitative estimate of drug-likeness (QED) is 0.798. The fraction of sp³-hybridized carbons (Fsp3) is 0.214. The van der Waals surface area contributed by atoms with Gasteiger partial charge in [0.15, 0.2) is 5.82 Å². The van der Waals surface area contributed by atoms with Crippen molar-refractivity contribution in [3.8, 4) is 0 Å². The molecule has 0 unspecified atom stereocenters. The van der Waals surface area contributed by atoms with Crippen molar-refractivity contribution in [3.05, 3.63) is 35.6 Å². The molecule has 0 bridgehead atoms. The molecular weight excluding hydrogens is 305 g/mol. The van der Waals surface area contributed by atoms with Gasteiger partial charge >= 0.3 is 12.0 Å². The maximum Gasteiger partial charge on any atom is 0.338 e. The average Bonchev–Trinajstić information content (AvgIpc) is 3.07. The third-order valence-electron chi connectivity index (χ3n) is 3.53. The molecule has 1 aromatic carbocycles. The smallest absolute Gasteiger partial charge is 0.338 e. The molecular formula is C14H14FN5O3. The van der Waals surface area contributed by atoms with Gasteiger partial charge in [0.25, 0.3) is 0 Å². The average molecular weight is 319 g/mol. The van der Waals surface area contributed by atoms with Gasteiger partial charge in [-0.05, 0) is 18.2 Å². The molecule has 1 aliphatic rings. The maximum atomic E-state index is 13.5. The lowest BCUT2D eigenvalue weighted by molar-refractivity contribution is 0.0692. The van der Waals surface area contributed by atoms with Gasteiger partial charge in [0.1, 0.15) is 11.6 Å². The van der Waals surface area contributed by atoms with E-state index in [4.69, 9.17) is 5.11 Å². The van der Waals surface area contributed by atoms with Gasteiger partial charge in [0, 0.05) is 25.3 Å². The summed E-state index contributed by atoms with van der Waals surface area (Å²) < 4.78 is 15.2. The number of nitrogens with zero attached hydrogens (tertiary/aromatic N) is 3. The summed E-state index contributed by atoms with van der Waals surface area (Å²) in [6, 6.07) is 5.21. The topological polar surface area (TPSA) is 99.5 Å². The predicted molar refractivity (Wildman–Crippen MR) is 80.7 cm³/mol. The van der Waals surface area contributed by atoms with Crippen LogP contribution >= 0.6 is 0 Å². The fourth-order valence-electron chi connectivity index (χ4n) is 2.44. The van der Waals surface area contributed by atoms with E-state index in [1.54, 1.807) is 10.7 Å². The number of carbonyl (C=O) groups is 2. The minimum Gasteiger partial charge on any atom is -0.478 e. The number of urea groups is 1. The first kappa shape index (κ1) is 14.8. The summed E-state index contributed by atoms with van der Waals surface area (Å²) in [5.74, 6) is -1.03. The van der Waals surface area contributed by atoms with E-state index in [-0.39, 0.29) is 11.6 Å². The highest BCUT2D eigenvalue weighted by atomic mass is 19.1. The SMILES string of the molecule is CNC(=O)Nc1cc2n(n1)CCN2c1ccc(F)c(C(=O)O)c1. The number of halogens is 1. The molecule has 8 nitrogen and oxygen atoms in total. The summed E-state index contributed by atoms with van der Waals surface area (Å²) in [5.41, 5.74) is 0.165. The number of carboxylic acids is 1. The third-order valence-corrected chi connectivity index (χ3v) is 3.53. The number of carboxylic acid groups (broad SMARTS) is 1. The van der Waals surface area contributed by atoms with Crippen LogP contribution in [0.3, 0.4) is 0 Å². The number of hydrogen-bond acceptors (Lipinski definition) is 4. The van der Waals surface area contributed by atoms with Crippen LogP contribution in [0.4, 0.5) is 26.5 Å². The van der Waals surface area contributed by atoms with Crippen molar-refractivity contribution in [3.63, 3.8) is 0 Å². The Balaban J connectivity index is 1.92. The van der Waals surface area contributed by atoms with Crippen molar-refractivity contribution in [2.75, 3.05) is 23.8 Å².